The number of anilines is 2. The highest BCUT2D eigenvalue weighted by Crippen LogP contribution is 2.22. The van der Waals surface area contributed by atoms with Crippen molar-refractivity contribution in [3.8, 4) is 0 Å². The van der Waals surface area contributed by atoms with Crippen molar-refractivity contribution in [2.45, 2.75) is 6.54 Å². The van der Waals surface area contributed by atoms with E-state index in [1.807, 2.05) is 24.3 Å². The summed E-state index contributed by atoms with van der Waals surface area (Å²) in [5, 5.41) is 3.19. The highest BCUT2D eigenvalue weighted by atomic mass is 32.2. The van der Waals surface area contributed by atoms with Crippen LogP contribution in [0.15, 0.2) is 48.8 Å². The van der Waals surface area contributed by atoms with Gasteiger partial charge in [-0.15, -0.1) is 0 Å². The van der Waals surface area contributed by atoms with Gasteiger partial charge in [-0.05, 0) is 23.8 Å². The van der Waals surface area contributed by atoms with Crippen LogP contribution in [0.2, 0.25) is 0 Å². The summed E-state index contributed by atoms with van der Waals surface area (Å²) in [5.74, 6) is 0. The standard InChI is InChI=1S/C13H15N3O2S/c1-19(17,18)16-13-7-3-2-6-12(13)15-10-11-5-4-8-14-9-11/h2-9,15-16H,10H2,1H3. The number of aromatic nitrogens is 1. The van der Waals surface area contributed by atoms with E-state index in [9.17, 15) is 8.42 Å². The van der Waals surface area contributed by atoms with Crippen LogP contribution in [0.5, 0.6) is 0 Å². The van der Waals surface area contributed by atoms with Crippen LogP contribution in [0.1, 0.15) is 5.56 Å². The third kappa shape index (κ3) is 4.26. The van der Waals surface area contributed by atoms with Crippen molar-refractivity contribution in [2.75, 3.05) is 16.3 Å². The van der Waals surface area contributed by atoms with E-state index in [2.05, 4.69) is 15.0 Å². The summed E-state index contributed by atoms with van der Waals surface area (Å²) < 4.78 is 25.0. The van der Waals surface area contributed by atoms with Crippen LogP contribution < -0.4 is 10.0 Å². The van der Waals surface area contributed by atoms with Crippen LogP contribution in [0.3, 0.4) is 0 Å². The van der Waals surface area contributed by atoms with Gasteiger partial charge in [-0.2, -0.15) is 0 Å². The van der Waals surface area contributed by atoms with Crippen molar-refractivity contribution in [3.63, 3.8) is 0 Å². The van der Waals surface area contributed by atoms with Crippen LogP contribution in [0, 0.1) is 0 Å². The lowest BCUT2D eigenvalue weighted by Gasteiger charge is -2.12. The molecule has 1 heterocycles. The van der Waals surface area contributed by atoms with E-state index in [-0.39, 0.29) is 0 Å². The maximum absolute atomic E-state index is 11.3. The van der Waals surface area contributed by atoms with Gasteiger partial charge in [0.25, 0.3) is 0 Å². The number of pyridine rings is 1. The minimum atomic E-state index is -3.28. The summed E-state index contributed by atoms with van der Waals surface area (Å²) in [4.78, 5) is 4.03. The smallest absolute Gasteiger partial charge is 0.229 e. The number of para-hydroxylation sites is 2. The lowest BCUT2D eigenvalue weighted by molar-refractivity contribution is 0.607. The molecular weight excluding hydrogens is 262 g/mol. The van der Waals surface area contributed by atoms with Crippen molar-refractivity contribution in [1.29, 1.82) is 0 Å². The second-order valence-corrected chi connectivity index (χ2v) is 5.88. The first-order valence-corrected chi connectivity index (χ1v) is 7.63. The number of hydrogen-bond acceptors (Lipinski definition) is 4. The summed E-state index contributed by atoms with van der Waals surface area (Å²) in [5.41, 5.74) is 2.29. The first-order valence-electron chi connectivity index (χ1n) is 5.74. The molecule has 0 amide bonds. The van der Waals surface area contributed by atoms with Gasteiger partial charge in [0, 0.05) is 18.9 Å². The Balaban J connectivity index is 2.12. The van der Waals surface area contributed by atoms with Gasteiger partial charge in [0.1, 0.15) is 0 Å². The highest BCUT2D eigenvalue weighted by molar-refractivity contribution is 7.92. The summed E-state index contributed by atoms with van der Waals surface area (Å²) in [6.07, 6.45) is 4.60. The Bertz CT molecular complexity index is 642. The van der Waals surface area contributed by atoms with Gasteiger partial charge in [0.15, 0.2) is 0 Å². The summed E-state index contributed by atoms with van der Waals surface area (Å²) >= 11 is 0. The van der Waals surface area contributed by atoms with E-state index in [4.69, 9.17) is 0 Å². The molecule has 0 aliphatic heterocycles. The van der Waals surface area contributed by atoms with E-state index in [0.717, 1.165) is 17.5 Å². The van der Waals surface area contributed by atoms with E-state index in [0.29, 0.717) is 12.2 Å². The maximum Gasteiger partial charge on any atom is 0.229 e. The van der Waals surface area contributed by atoms with E-state index < -0.39 is 10.0 Å². The third-order valence-corrected chi connectivity index (χ3v) is 3.02. The molecule has 100 valence electrons. The highest BCUT2D eigenvalue weighted by Gasteiger charge is 2.06. The fourth-order valence-electron chi connectivity index (χ4n) is 1.63. The zero-order valence-electron chi connectivity index (χ0n) is 10.5. The molecule has 0 unspecified atom stereocenters. The zero-order chi connectivity index (χ0) is 13.7. The molecule has 2 N–H and O–H groups in total. The topological polar surface area (TPSA) is 71.1 Å². The molecule has 19 heavy (non-hydrogen) atoms. The lowest BCUT2D eigenvalue weighted by atomic mass is 10.2. The fraction of sp³-hybridized carbons (Fsp3) is 0.154. The average Bonchev–Trinajstić information content (AvgIpc) is 2.37. The average molecular weight is 277 g/mol. The molecule has 2 aromatic rings. The Morgan fingerprint density at radius 1 is 1.11 bits per heavy atom. The summed E-state index contributed by atoms with van der Waals surface area (Å²) in [6, 6.07) is 11.0. The van der Waals surface area contributed by atoms with Crippen molar-refractivity contribution >= 4 is 21.4 Å². The third-order valence-electron chi connectivity index (χ3n) is 2.43. The largest absolute Gasteiger partial charge is 0.379 e. The minimum absolute atomic E-state index is 0.536. The van der Waals surface area contributed by atoms with Crippen LogP contribution in [0.4, 0.5) is 11.4 Å². The van der Waals surface area contributed by atoms with Crippen LogP contribution >= 0.6 is 0 Å². The number of benzene rings is 1. The van der Waals surface area contributed by atoms with Gasteiger partial charge >= 0.3 is 0 Å². The Morgan fingerprint density at radius 3 is 2.47 bits per heavy atom. The van der Waals surface area contributed by atoms with Gasteiger partial charge in [0.2, 0.25) is 10.0 Å². The van der Waals surface area contributed by atoms with Crippen molar-refractivity contribution in [2.24, 2.45) is 0 Å². The zero-order valence-corrected chi connectivity index (χ0v) is 11.3. The second-order valence-electron chi connectivity index (χ2n) is 4.13. The molecule has 0 aliphatic rings. The summed E-state index contributed by atoms with van der Waals surface area (Å²) in [6.45, 7) is 0.580. The van der Waals surface area contributed by atoms with Crippen molar-refractivity contribution in [3.05, 3.63) is 54.4 Å². The maximum atomic E-state index is 11.3. The quantitative estimate of drug-likeness (QED) is 0.877. The molecule has 0 atom stereocenters. The van der Waals surface area contributed by atoms with E-state index in [1.165, 1.54) is 0 Å². The second kappa shape index (κ2) is 5.71. The van der Waals surface area contributed by atoms with Crippen molar-refractivity contribution in [1.82, 2.24) is 4.98 Å². The molecule has 1 aromatic carbocycles. The molecule has 0 fully saturated rings. The fourth-order valence-corrected chi connectivity index (χ4v) is 2.20. The predicted molar refractivity (Wildman–Crippen MR) is 76.5 cm³/mol. The molecule has 5 nitrogen and oxygen atoms in total. The molecule has 2 rings (SSSR count). The Hall–Kier alpha value is -2.08. The lowest BCUT2D eigenvalue weighted by Crippen LogP contribution is -2.11. The number of nitrogens with one attached hydrogen (secondary N) is 2. The molecule has 0 radical (unpaired) electrons. The van der Waals surface area contributed by atoms with Gasteiger partial charge in [-0.3, -0.25) is 9.71 Å². The van der Waals surface area contributed by atoms with Gasteiger partial charge in [0.05, 0.1) is 17.6 Å². The van der Waals surface area contributed by atoms with Crippen LogP contribution in [-0.2, 0) is 16.6 Å². The Morgan fingerprint density at radius 2 is 1.84 bits per heavy atom. The van der Waals surface area contributed by atoms with Crippen LogP contribution in [0.25, 0.3) is 0 Å². The Labute approximate surface area is 112 Å². The number of sulfonamides is 1. The number of nitrogens with zero attached hydrogens (tertiary/aromatic N) is 1. The minimum Gasteiger partial charge on any atom is -0.379 e. The van der Waals surface area contributed by atoms with E-state index in [1.54, 1.807) is 24.5 Å². The number of hydrogen-bond donors (Lipinski definition) is 2. The first kappa shape index (κ1) is 13.4. The number of rotatable bonds is 5. The Kier molecular flexibility index (Phi) is 4.01. The van der Waals surface area contributed by atoms with Crippen molar-refractivity contribution < 1.29 is 8.42 Å². The molecule has 6 heteroatoms. The van der Waals surface area contributed by atoms with Crippen LogP contribution in [-0.4, -0.2) is 19.7 Å². The normalized spacial score (nSPS) is 11.0. The van der Waals surface area contributed by atoms with E-state index >= 15 is 0 Å². The monoisotopic (exact) mass is 277 g/mol. The summed E-state index contributed by atoms with van der Waals surface area (Å²) in [7, 11) is -3.28. The first-order chi connectivity index (χ1) is 9.04. The molecule has 0 spiro atoms. The molecule has 0 aliphatic carbocycles. The molecule has 0 saturated carbocycles. The van der Waals surface area contributed by atoms with Gasteiger partial charge in [-0.1, -0.05) is 18.2 Å². The van der Waals surface area contributed by atoms with Gasteiger partial charge in [-0.25, -0.2) is 8.42 Å². The molecule has 0 bridgehead atoms. The SMILES string of the molecule is CS(=O)(=O)Nc1ccccc1NCc1cccnc1. The van der Waals surface area contributed by atoms with Gasteiger partial charge < -0.3 is 5.32 Å². The molecule has 1 aromatic heterocycles. The molecular formula is C13H15N3O2S. The molecule has 0 saturated heterocycles. The predicted octanol–water partition coefficient (Wildman–Crippen LogP) is 2.07.